The fraction of sp³-hybridized carbons (Fsp3) is 0.714. The van der Waals surface area contributed by atoms with Crippen LogP contribution in [-0.2, 0) is 0 Å². The highest BCUT2D eigenvalue weighted by Crippen LogP contribution is 2.43. The molecule has 1 heterocycles. The minimum atomic E-state index is -0.139. The standard InChI is InChI=1S/C21H33NO/c1-15-10-11-19(20(23)12-15)21(3,4)22-13-16(2)18(14-22)17-8-6-5-7-9-17/h5-9,15-16,18-20,23H,10-14H2,1-4H3/t15-,16-,18+,19-,20-/m1/s1. The minimum Gasteiger partial charge on any atom is -0.393 e. The molecular formula is C21H33NO. The second-order valence-electron chi connectivity index (χ2n) is 8.65. The van der Waals surface area contributed by atoms with Gasteiger partial charge >= 0.3 is 0 Å². The van der Waals surface area contributed by atoms with Gasteiger partial charge in [-0.3, -0.25) is 4.90 Å². The average Bonchev–Trinajstić information content (AvgIpc) is 2.90. The fourth-order valence-electron chi connectivity index (χ4n) is 4.98. The smallest absolute Gasteiger partial charge is 0.0588 e. The van der Waals surface area contributed by atoms with Gasteiger partial charge in [0, 0.05) is 30.5 Å². The minimum absolute atomic E-state index is 0.0807. The van der Waals surface area contributed by atoms with Gasteiger partial charge in [-0.2, -0.15) is 0 Å². The van der Waals surface area contributed by atoms with Crippen molar-refractivity contribution in [3.05, 3.63) is 35.9 Å². The molecule has 3 rings (SSSR count). The van der Waals surface area contributed by atoms with E-state index in [0.29, 0.717) is 23.7 Å². The predicted octanol–water partition coefficient (Wildman–Crippen LogP) is 4.30. The maximum Gasteiger partial charge on any atom is 0.0588 e. The van der Waals surface area contributed by atoms with E-state index < -0.39 is 0 Å². The summed E-state index contributed by atoms with van der Waals surface area (Å²) in [5.74, 6) is 2.37. The maximum absolute atomic E-state index is 10.7. The van der Waals surface area contributed by atoms with Crippen molar-refractivity contribution in [3.8, 4) is 0 Å². The largest absolute Gasteiger partial charge is 0.393 e. The van der Waals surface area contributed by atoms with Crippen molar-refractivity contribution in [2.45, 2.75) is 64.5 Å². The van der Waals surface area contributed by atoms with Gasteiger partial charge < -0.3 is 5.11 Å². The van der Waals surface area contributed by atoms with Crippen molar-refractivity contribution in [2.75, 3.05) is 13.1 Å². The molecule has 0 unspecified atom stereocenters. The summed E-state index contributed by atoms with van der Waals surface area (Å²) in [5, 5.41) is 10.7. The van der Waals surface area contributed by atoms with Gasteiger partial charge in [-0.05, 0) is 44.1 Å². The number of hydrogen-bond acceptors (Lipinski definition) is 2. The van der Waals surface area contributed by atoms with Crippen LogP contribution in [0.5, 0.6) is 0 Å². The summed E-state index contributed by atoms with van der Waals surface area (Å²) in [6.45, 7) is 11.6. The third-order valence-corrected chi connectivity index (χ3v) is 6.64. The van der Waals surface area contributed by atoms with Crippen LogP contribution in [-0.4, -0.2) is 34.7 Å². The van der Waals surface area contributed by atoms with Crippen molar-refractivity contribution >= 4 is 0 Å². The highest BCUT2D eigenvalue weighted by molar-refractivity contribution is 5.22. The Hall–Kier alpha value is -0.860. The zero-order valence-corrected chi connectivity index (χ0v) is 15.2. The van der Waals surface area contributed by atoms with E-state index in [0.717, 1.165) is 25.9 Å². The zero-order valence-electron chi connectivity index (χ0n) is 15.2. The summed E-state index contributed by atoms with van der Waals surface area (Å²) < 4.78 is 0. The third-order valence-electron chi connectivity index (χ3n) is 6.64. The van der Waals surface area contributed by atoms with Gasteiger partial charge in [0.05, 0.1) is 6.10 Å². The topological polar surface area (TPSA) is 23.5 Å². The molecule has 0 aromatic heterocycles. The van der Waals surface area contributed by atoms with E-state index in [2.05, 4.69) is 62.9 Å². The number of aliphatic hydroxyl groups excluding tert-OH is 1. The van der Waals surface area contributed by atoms with Crippen LogP contribution < -0.4 is 0 Å². The van der Waals surface area contributed by atoms with Gasteiger partial charge in [0.15, 0.2) is 0 Å². The van der Waals surface area contributed by atoms with Gasteiger partial charge in [-0.15, -0.1) is 0 Å². The first-order valence-corrected chi connectivity index (χ1v) is 9.37. The first-order chi connectivity index (χ1) is 10.9. The number of benzene rings is 1. The normalized spacial score (nSPS) is 36.3. The summed E-state index contributed by atoms with van der Waals surface area (Å²) in [4.78, 5) is 2.65. The number of nitrogens with zero attached hydrogens (tertiary/aromatic N) is 1. The molecule has 2 fully saturated rings. The second kappa shape index (κ2) is 6.57. The van der Waals surface area contributed by atoms with Gasteiger partial charge in [0.25, 0.3) is 0 Å². The molecule has 2 nitrogen and oxygen atoms in total. The SMILES string of the molecule is C[C@@H]1CC[C@@H](C(C)(C)N2C[C@@H](C)[C@@H](c3ccccc3)C2)[C@H](O)C1. The summed E-state index contributed by atoms with van der Waals surface area (Å²) in [6, 6.07) is 11.0. The lowest BCUT2D eigenvalue weighted by Crippen LogP contribution is -2.53. The molecule has 0 spiro atoms. The van der Waals surface area contributed by atoms with Crippen LogP contribution in [0.25, 0.3) is 0 Å². The second-order valence-corrected chi connectivity index (χ2v) is 8.65. The molecular weight excluding hydrogens is 282 g/mol. The van der Waals surface area contributed by atoms with Gasteiger partial charge in [-0.25, -0.2) is 0 Å². The molecule has 5 atom stereocenters. The van der Waals surface area contributed by atoms with E-state index in [4.69, 9.17) is 0 Å². The average molecular weight is 316 g/mol. The summed E-state index contributed by atoms with van der Waals surface area (Å²) in [5.41, 5.74) is 1.55. The quantitative estimate of drug-likeness (QED) is 0.899. The highest BCUT2D eigenvalue weighted by atomic mass is 16.3. The molecule has 1 saturated heterocycles. The van der Waals surface area contributed by atoms with Crippen molar-refractivity contribution in [1.82, 2.24) is 4.90 Å². The van der Waals surface area contributed by atoms with Crippen LogP contribution in [0.3, 0.4) is 0 Å². The van der Waals surface area contributed by atoms with Gasteiger partial charge in [-0.1, -0.05) is 50.6 Å². The van der Waals surface area contributed by atoms with Crippen LogP contribution in [0.1, 0.15) is 58.4 Å². The van der Waals surface area contributed by atoms with E-state index in [-0.39, 0.29) is 11.6 Å². The van der Waals surface area contributed by atoms with Crippen LogP contribution >= 0.6 is 0 Å². The van der Waals surface area contributed by atoms with Crippen molar-refractivity contribution in [3.63, 3.8) is 0 Å². The summed E-state index contributed by atoms with van der Waals surface area (Å²) in [6.07, 6.45) is 3.26. The fourth-order valence-corrected chi connectivity index (χ4v) is 4.98. The number of rotatable bonds is 3. The van der Waals surface area contributed by atoms with Crippen molar-refractivity contribution < 1.29 is 5.11 Å². The molecule has 2 aliphatic rings. The molecule has 0 bridgehead atoms. The Morgan fingerprint density at radius 2 is 1.74 bits per heavy atom. The summed E-state index contributed by atoms with van der Waals surface area (Å²) in [7, 11) is 0. The molecule has 1 N–H and O–H groups in total. The van der Waals surface area contributed by atoms with Crippen LogP contribution in [0.2, 0.25) is 0 Å². The number of aliphatic hydroxyl groups is 1. The first kappa shape index (κ1) is 17.0. The van der Waals surface area contributed by atoms with Crippen LogP contribution in [0.4, 0.5) is 0 Å². The van der Waals surface area contributed by atoms with E-state index in [9.17, 15) is 5.11 Å². The molecule has 0 amide bonds. The summed E-state index contributed by atoms with van der Waals surface area (Å²) >= 11 is 0. The monoisotopic (exact) mass is 315 g/mol. The van der Waals surface area contributed by atoms with E-state index >= 15 is 0 Å². The van der Waals surface area contributed by atoms with Crippen LogP contribution in [0.15, 0.2) is 30.3 Å². The first-order valence-electron chi connectivity index (χ1n) is 9.37. The Morgan fingerprint density at radius 3 is 2.39 bits per heavy atom. The van der Waals surface area contributed by atoms with Crippen LogP contribution in [0, 0.1) is 17.8 Å². The Balaban J connectivity index is 1.74. The van der Waals surface area contributed by atoms with Gasteiger partial charge in [0.2, 0.25) is 0 Å². The van der Waals surface area contributed by atoms with E-state index in [1.807, 2.05) is 0 Å². The molecule has 1 aromatic carbocycles. The zero-order chi connectivity index (χ0) is 16.6. The molecule has 1 aliphatic carbocycles. The Kier molecular flexibility index (Phi) is 4.85. The van der Waals surface area contributed by atoms with Crippen molar-refractivity contribution in [2.24, 2.45) is 17.8 Å². The Morgan fingerprint density at radius 1 is 1.04 bits per heavy atom. The number of likely N-dealkylation sites (tertiary alicyclic amines) is 1. The lowest BCUT2D eigenvalue weighted by atomic mass is 9.71. The Labute approximate surface area is 141 Å². The lowest BCUT2D eigenvalue weighted by molar-refractivity contribution is -0.0379. The highest BCUT2D eigenvalue weighted by Gasteiger charge is 2.45. The number of hydrogen-bond donors (Lipinski definition) is 1. The molecule has 128 valence electrons. The molecule has 1 aliphatic heterocycles. The van der Waals surface area contributed by atoms with Crippen molar-refractivity contribution in [1.29, 1.82) is 0 Å². The molecule has 0 radical (unpaired) electrons. The predicted molar refractivity (Wildman–Crippen MR) is 96.5 cm³/mol. The molecule has 1 aromatic rings. The van der Waals surface area contributed by atoms with Gasteiger partial charge in [0.1, 0.15) is 0 Å². The third kappa shape index (κ3) is 3.34. The molecule has 1 saturated carbocycles. The maximum atomic E-state index is 10.7. The lowest BCUT2D eigenvalue weighted by Gasteiger charge is -2.47. The van der Waals surface area contributed by atoms with E-state index in [1.165, 1.54) is 12.0 Å². The van der Waals surface area contributed by atoms with E-state index in [1.54, 1.807) is 0 Å². The molecule has 2 heteroatoms. The molecule has 23 heavy (non-hydrogen) atoms. The Bertz CT molecular complexity index is 512.